The van der Waals surface area contributed by atoms with Crippen molar-refractivity contribution in [1.82, 2.24) is 4.98 Å². The number of hydrogen-bond acceptors (Lipinski definition) is 7. The Bertz CT molecular complexity index is 1110. The first-order valence-corrected chi connectivity index (χ1v) is 10.5. The summed E-state index contributed by atoms with van der Waals surface area (Å²) < 4.78 is 5.32. The molecule has 0 saturated heterocycles. The first kappa shape index (κ1) is 19.4. The minimum absolute atomic E-state index is 0.0520. The van der Waals surface area contributed by atoms with Crippen LogP contribution in [0.5, 0.6) is 5.75 Å². The minimum Gasteiger partial charge on any atom is -0.503 e. The number of carbonyl (C=O) groups excluding carboxylic acids is 2. The Morgan fingerprint density at radius 1 is 1.24 bits per heavy atom. The molecule has 1 aliphatic rings. The van der Waals surface area contributed by atoms with E-state index in [1.807, 2.05) is 13.8 Å². The van der Waals surface area contributed by atoms with Crippen molar-refractivity contribution in [3.8, 4) is 5.75 Å². The van der Waals surface area contributed by atoms with E-state index in [-0.39, 0.29) is 11.4 Å². The van der Waals surface area contributed by atoms with Crippen molar-refractivity contribution >= 4 is 39.5 Å². The van der Waals surface area contributed by atoms with Crippen molar-refractivity contribution in [2.24, 2.45) is 0 Å². The van der Waals surface area contributed by atoms with Gasteiger partial charge >= 0.3 is 0 Å². The van der Waals surface area contributed by atoms with Gasteiger partial charge in [-0.15, -0.1) is 22.7 Å². The van der Waals surface area contributed by atoms with Gasteiger partial charge in [-0.1, -0.05) is 18.2 Å². The fourth-order valence-corrected chi connectivity index (χ4v) is 4.88. The van der Waals surface area contributed by atoms with E-state index in [9.17, 15) is 14.7 Å². The van der Waals surface area contributed by atoms with E-state index in [2.05, 4.69) is 4.98 Å². The van der Waals surface area contributed by atoms with Crippen molar-refractivity contribution in [3.05, 3.63) is 74.1 Å². The molecule has 1 aliphatic heterocycles. The van der Waals surface area contributed by atoms with Crippen LogP contribution in [0.2, 0.25) is 0 Å². The van der Waals surface area contributed by atoms with Gasteiger partial charge in [-0.2, -0.15) is 0 Å². The summed E-state index contributed by atoms with van der Waals surface area (Å²) in [5.74, 6) is -0.949. The largest absolute Gasteiger partial charge is 0.503 e. The molecule has 0 aliphatic carbocycles. The van der Waals surface area contributed by atoms with E-state index < -0.39 is 17.7 Å². The quantitative estimate of drug-likeness (QED) is 0.603. The zero-order valence-electron chi connectivity index (χ0n) is 16.0. The molecule has 29 heavy (non-hydrogen) atoms. The van der Waals surface area contributed by atoms with Crippen molar-refractivity contribution in [1.29, 1.82) is 0 Å². The van der Waals surface area contributed by atoms with Crippen molar-refractivity contribution < 1.29 is 19.4 Å². The van der Waals surface area contributed by atoms with Crippen LogP contribution in [0, 0.1) is 13.8 Å². The Balaban J connectivity index is 1.90. The zero-order valence-corrected chi connectivity index (χ0v) is 17.6. The molecule has 0 unspecified atom stereocenters. The molecule has 2 aromatic heterocycles. The van der Waals surface area contributed by atoms with E-state index >= 15 is 0 Å². The van der Waals surface area contributed by atoms with Gasteiger partial charge in [-0.25, -0.2) is 4.98 Å². The molecule has 3 aromatic rings. The van der Waals surface area contributed by atoms with E-state index in [1.165, 1.54) is 27.6 Å². The number of carbonyl (C=O) groups is 2. The maximum atomic E-state index is 13.2. The molecule has 6 nitrogen and oxygen atoms in total. The van der Waals surface area contributed by atoms with Gasteiger partial charge in [0.15, 0.2) is 10.9 Å². The number of thiazole rings is 1. The third-order valence-electron chi connectivity index (χ3n) is 4.83. The van der Waals surface area contributed by atoms with Crippen LogP contribution >= 0.6 is 22.7 Å². The summed E-state index contributed by atoms with van der Waals surface area (Å²) in [7, 11) is 1.55. The van der Waals surface area contributed by atoms with Crippen molar-refractivity contribution in [2.45, 2.75) is 19.9 Å². The normalized spacial score (nSPS) is 16.6. The maximum absolute atomic E-state index is 13.2. The highest BCUT2D eigenvalue weighted by molar-refractivity contribution is 7.16. The molecule has 1 atom stereocenters. The molecular weight excluding hydrogens is 408 g/mol. The first-order chi connectivity index (χ1) is 13.9. The third-order valence-corrected chi connectivity index (χ3v) is 6.77. The fourth-order valence-electron chi connectivity index (χ4n) is 3.26. The molecule has 3 heterocycles. The number of methoxy groups -OCH3 is 1. The van der Waals surface area contributed by atoms with Gasteiger partial charge in [0, 0.05) is 4.88 Å². The first-order valence-electron chi connectivity index (χ1n) is 8.85. The topological polar surface area (TPSA) is 79.7 Å². The van der Waals surface area contributed by atoms with Crippen molar-refractivity contribution in [3.63, 3.8) is 0 Å². The Morgan fingerprint density at radius 3 is 2.66 bits per heavy atom. The van der Waals surface area contributed by atoms with Gasteiger partial charge in [0.1, 0.15) is 5.75 Å². The smallest absolute Gasteiger partial charge is 0.296 e. The molecule has 0 fully saturated rings. The Hall–Kier alpha value is -2.97. The van der Waals surface area contributed by atoms with E-state index in [1.54, 1.807) is 48.9 Å². The summed E-state index contributed by atoms with van der Waals surface area (Å²) in [5.41, 5.74) is 1.52. The van der Waals surface area contributed by atoms with Gasteiger partial charge < -0.3 is 9.84 Å². The summed E-state index contributed by atoms with van der Waals surface area (Å²) in [6.07, 6.45) is 0. The summed E-state index contributed by atoms with van der Waals surface area (Å²) in [6.45, 7) is 3.78. The second-order valence-corrected chi connectivity index (χ2v) is 8.69. The number of amides is 1. The highest BCUT2D eigenvalue weighted by Crippen LogP contribution is 2.44. The number of aromatic nitrogens is 1. The van der Waals surface area contributed by atoms with Gasteiger partial charge in [0.25, 0.3) is 5.91 Å². The number of benzene rings is 1. The van der Waals surface area contributed by atoms with Gasteiger partial charge in [-0.05, 0) is 43.0 Å². The molecular formula is C21H18N2O4S2. The average Bonchev–Trinajstić information content (AvgIpc) is 3.42. The number of rotatable bonds is 5. The lowest BCUT2D eigenvalue weighted by atomic mass is 9.95. The average molecular weight is 427 g/mol. The molecule has 1 amide bonds. The molecule has 0 bridgehead atoms. The number of aryl methyl sites for hydroxylation is 2. The highest BCUT2D eigenvalue weighted by Gasteiger charge is 2.46. The molecule has 0 saturated carbocycles. The summed E-state index contributed by atoms with van der Waals surface area (Å²) >= 11 is 2.62. The highest BCUT2D eigenvalue weighted by atomic mass is 32.1. The number of hydrogen-bond donors (Lipinski definition) is 1. The lowest BCUT2D eigenvalue weighted by Gasteiger charge is -2.24. The summed E-state index contributed by atoms with van der Waals surface area (Å²) in [5, 5.41) is 12.9. The SMILES string of the molecule is COc1cccc([C@H]2C(C(=O)c3cccs3)=C(O)C(=O)N2c2nc(C)c(C)s2)c1. The second kappa shape index (κ2) is 7.46. The number of aliphatic hydroxyl groups is 1. The lowest BCUT2D eigenvalue weighted by molar-refractivity contribution is -0.117. The second-order valence-electron chi connectivity index (χ2n) is 6.56. The van der Waals surface area contributed by atoms with E-state index in [0.29, 0.717) is 21.3 Å². The Labute approximate surface area is 175 Å². The Kier molecular flexibility index (Phi) is 4.97. The summed E-state index contributed by atoms with van der Waals surface area (Å²) in [6, 6.07) is 9.79. The van der Waals surface area contributed by atoms with Crippen LogP contribution in [0.3, 0.4) is 0 Å². The fraction of sp³-hybridized carbons (Fsp3) is 0.190. The van der Waals surface area contributed by atoms with Crippen LogP contribution in [0.1, 0.15) is 31.8 Å². The van der Waals surface area contributed by atoms with Crippen LogP contribution in [-0.4, -0.2) is 28.9 Å². The molecule has 0 spiro atoms. The number of ketones is 1. The molecule has 0 radical (unpaired) electrons. The van der Waals surface area contributed by atoms with Crippen LogP contribution in [0.25, 0.3) is 0 Å². The predicted molar refractivity (Wildman–Crippen MR) is 113 cm³/mol. The molecule has 8 heteroatoms. The molecule has 148 valence electrons. The molecule has 1 N–H and O–H groups in total. The van der Waals surface area contributed by atoms with Gasteiger partial charge in [-0.3, -0.25) is 14.5 Å². The van der Waals surface area contributed by atoms with Crippen LogP contribution in [-0.2, 0) is 4.79 Å². The maximum Gasteiger partial charge on any atom is 0.296 e. The zero-order chi connectivity index (χ0) is 20.7. The third kappa shape index (κ3) is 3.24. The van der Waals surface area contributed by atoms with Gasteiger partial charge in [0.05, 0.1) is 29.3 Å². The van der Waals surface area contributed by atoms with Crippen LogP contribution < -0.4 is 9.64 Å². The number of ether oxygens (including phenoxy) is 1. The predicted octanol–water partition coefficient (Wildman–Crippen LogP) is 4.61. The monoisotopic (exact) mass is 426 g/mol. The summed E-state index contributed by atoms with van der Waals surface area (Å²) in [4.78, 5) is 33.6. The van der Waals surface area contributed by atoms with Crippen LogP contribution in [0.4, 0.5) is 5.13 Å². The lowest BCUT2D eigenvalue weighted by Crippen LogP contribution is -2.31. The van der Waals surface area contributed by atoms with Crippen molar-refractivity contribution in [2.75, 3.05) is 12.0 Å². The number of anilines is 1. The molecule has 4 rings (SSSR count). The standard InChI is InChI=1S/C21H18N2O4S2/c1-11-12(2)29-21(22-11)23-17(13-6-4-7-14(10-13)27-3)16(19(25)20(23)26)18(24)15-8-5-9-28-15/h4-10,17,25H,1-3H3/t17-/m0/s1. The van der Waals surface area contributed by atoms with Crippen LogP contribution in [0.15, 0.2) is 53.1 Å². The number of nitrogens with zero attached hydrogens (tertiary/aromatic N) is 2. The molecule has 1 aromatic carbocycles. The van der Waals surface area contributed by atoms with E-state index in [0.717, 1.165) is 10.6 Å². The number of thiophene rings is 1. The number of aliphatic hydroxyl groups excluding tert-OH is 1. The minimum atomic E-state index is -0.794. The Morgan fingerprint density at radius 2 is 2.03 bits per heavy atom. The number of Topliss-reactive ketones (excluding diaryl/α,β-unsaturated/α-hetero) is 1. The van der Waals surface area contributed by atoms with Gasteiger partial charge in [0.2, 0.25) is 5.78 Å². The van der Waals surface area contributed by atoms with E-state index in [4.69, 9.17) is 4.74 Å².